The molecule has 0 aliphatic carbocycles. The van der Waals surface area contributed by atoms with Crippen molar-refractivity contribution in [1.82, 2.24) is 15.0 Å². The normalized spacial score (nSPS) is 12.7. The van der Waals surface area contributed by atoms with Gasteiger partial charge in [-0.25, -0.2) is 0 Å². The van der Waals surface area contributed by atoms with Crippen LogP contribution >= 0.6 is 23.4 Å². The highest BCUT2D eigenvalue weighted by Crippen LogP contribution is 2.34. The van der Waals surface area contributed by atoms with Crippen molar-refractivity contribution >= 4 is 46.9 Å². The monoisotopic (exact) mass is 392 g/mol. The zero-order chi connectivity index (χ0) is 18.8. The van der Waals surface area contributed by atoms with Crippen LogP contribution in [0, 0.1) is 0 Å². The van der Waals surface area contributed by atoms with E-state index < -0.39 is 22.9 Å². The van der Waals surface area contributed by atoms with Crippen LogP contribution < -0.4 is 16.8 Å². The van der Waals surface area contributed by atoms with Gasteiger partial charge in [0.25, 0.3) is 0 Å². The zero-order valence-electron chi connectivity index (χ0n) is 12.6. The van der Waals surface area contributed by atoms with E-state index in [-0.39, 0.29) is 27.8 Å². The van der Waals surface area contributed by atoms with Crippen molar-refractivity contribution in [2.24, 2.45) is 0 Å². The minimum atomic E-state index is -4.55. The van der Waals surface area contributed by atoms with Crippen molar-refractivity contribution in [3.05, 3.63) is 28.8 Å². The quantitative estimate of drug-likeness (QED) is 0.684. The van der Waals surface area contributed by atoms with Crippen LogP contribution in [0.1, 0.15) is 12.5 Å². The van der Waals surface area contributed by atoms with E-state index in [2.05, 4.69) is 20.3 Å². The Labute approximate surface area is 149 Å². The van der Waals surface area contributed by atoms with Crippen molar-refractivity contribution in [1.29, 1.82) is 0 Å². The first-order chi connectivity index (χ1) is 11.6. The number of anilines is 3. The van der Waals surface area contributed by atoms with Crippen LogP contribution in [-0.4, -0.2) is 26.1 Å². The van der Waals surface area contributed by atoms with E-state index in [0.29, 0.717) is 0 Å². The first-order valence-corrected chi connectivity index (χ1v) is 7.93. The van der Waals surface area contributed by atoms with Gasteiger partial charge in [0.2, 0.25) is 17.8 Å². The topological polar surface area (TPSA) is 120 Å². The Morgan fingerprint density at radius 1 is 1.24 bits per heavy atom. The summed E-state index contributed by atoms with van der Waals surface area (Å²) < 4.78 is 38.3. The lowest BCUT2D eigenvalue weighted by Crippen LogP contribution is -2.23. The minimum Gasteiger partial charge on any atom is -0.368 e. The van der Waals surface area contributed by atoms with Gasteiger partial charge in [0.15, 0.2) is 5.16 Å². The zero-order valence-corrected chi connectivity index (χ0v) is 14.2. The lowest BCUT2D eigenvalue weighted by atomic mass is 10.2. The fourth-order valence-corrected chi connectivity index (χ4v) is 2.62. The molecule has 0 fully saturated rings. The number of benzene rings is 1. The third kappa shape index (κ3) is 5.10. The molecule has 2 aromatic rings. The van der Waals surface area contributed by atoms with Crippen LogP contribution in [0.15, 0.2) is 23.4 Å². The number of halogens is 4. The molecule has 0 spiro atoms. The molecule has 25 heavy (non-hydrogen) atoms. The number of nitrogen functional groups attached to an aromatic ring is 2. The van der Waals surface area contributed by atoms with E-state index in [1.165, 1.54) is 6.92 Å². The smallest absolute Gasteiger partial charge is 0.368 e. The lowest BCUT2D eigenvalue weighted by molar-refractivity contribution is -0.137. The highest BCUT2D eigenvalue weighted by molar-refractivity contribution is 8.00. The lowest BCUT2D eigenvalue weighted by Gasteiger charge is -2.14. The maximum absolute atomic E-state index is 12.8. The molecule has 1 aromatic heterocycles. The first kappa shape index (κ1) is 19.1. The maximum Gasteiger partial charge on any atom is 0.416 e. The van der Waals surface area contributed by atoms with Crippen molar-refractivity contribution < 1.29 is 18.0 Å². The summed E-state index contributed by atoms with van der Waals surface area (Å²) in [6, 6.07) is 2.65. The summed E-state index contributed by atoms with van der Waals surface area (Å²) in [5, 5.41) is 1.68. The Morgan fingerprint density at radius 3 is 2.40 bits per heavy atom. The Hall–Kier alpha value is -2.27. The molecule has 1 heterocycles. The van der Waals surface area contributed by atoms with E-state index in [0.717, 1.165) is 30.0 Å². The fourth-order valence-electron chi connectivity index (χ4n) is 1.68. The average Bonchev–Trinajstić information content (AvgIpc) is 2.47. The number of carbonyl (C=O) groups is 1. The van der Waals surface area contributed by atoms with Gasteiger partial charge in [-0.2, -0.15) is 28.1 Å². The van der Waals surface area contributed by atoms with E-state index in [4.69, 9.17) is 23.1 Å². The van der Waals surface area contributed by atoms with Crippen LogP contribution in [0.2, 0.25) is 5.02 Å². The Kier molecular flexibility index (Phi) is 5.58. The van der Waals surface area contributed by atoms with Crippen LogP contribution in [0.3, 0.4) is 0 Å². The molecule has 12 heteroatoms. The van der Waals surface area contributed by atoms with Crippen LogP contribution in [0.4, 0.5) is 30.8 Å². The Bertz CT molecular complexity index is 784. The summed E-state index contributed by atoms with van der Waals surface area (Å²) in [4.78, 5) is 23.4. The summed E-state index contributed by atoms with van der Waals surface area (Å²) in [7, 11) is 0. The van der Waals surface area contributed by atoms with E-state index >= 15 is 0 Å². The molecule has 1 amide bonds. The second-order valence-corrected chi connectivity index (χ2v) is 6.49. The Morgan fingerprint density at radius 2 is 1.84 bits per heavy atom. The Balaban J connectivity index is 2.13. The number of amides is 1. The number of carbonyl (C=O) groups excluding carboxylic acids is 1. The predicted octanol–water partition coefficient (Wildman–Crippen LogP) is 2.83. The highest BCUT2D eigenvalue weighted by Gasteiger charge is 2.31. The summed E-state index contributed by atoms with van der Waals surface area (Å²) in [6.45, 7) is 1.51. The van der Waals surface area contributed by atoms with Crippen LogP contribution in [0.5, 0.6) is 0 Å². The van der Waals surface area contributed by atoms with E-state index in [1.807, 2.05) is 0 Å². The molecule has 1 atom stereocenters. The number of hydrogen-bond donors (Lipinski definition) is 3. The molecule has 0 bridgehead atoms. The summed E-state index contributed by atoms with van der Waals surface area (Å²) in [5.41, 5.74) is 9.79. The molecule has 2 rings (SSSR count). The molecule has 0 unspecified atom stereocenters. The van der Waals surface area contributed by atoms with Gasteiger partial charge in [0, 0.05) is 0 Å². The minimum absolute atomic E-state index is 0.0211. The SMILES string of the molecule is C[C@@H](Sc1nc(N)nc(N)n1)C(=O)Nc1cc(C(F)(F)F)ccc1Cl. The fraction of sp³-hybridized carbons (Fsp3) is 0.231. The molecular formula is C13H12ClF3N6OS. The summed E-state index contributed by atoms with van der Waals surface area (Å²) in [6.07, 6.45) is -4.55. The second kappa shape index (κ2) is 7.31. The first-order valence-electron chi connectivity index (χ1n) is 6.67. The number of hydrogen-bond acceptors (Lipinski definition) is 7. The second-order valence-electron chi connectivity index (χ2n) is 4.78. The largest absolute Gasteiger partial charge is 0.416 e. The predicted molar refractivity (Wildman–Crippen MR) is 89.1 cm³/mol. The molecule has 1 aromatic carbocycles. The maximum atomic E-state index is 12.8. The molecule has 0 aliphatic heterocycles. The van der Waals surface area contributed by atoms with Gasteiger partial charge in [-0.15, -0.1) is 0 Å². The van der Waals surface area contributed by atoms with Crippen molar-refractivity contribution in [3.63, 3.8) is 0 Å². The standard InChI is InChI=1S/C13H12ClF3N6OS/c1-5(25-12-22-10(18)21-11(19)23-12)9(24)20-8-4-6(13(15,16)17)2-3-7(8)14/h2-5H,1H3,(H,20,24)(H4,18,19,21,22,23)/t5-/m1/s1. The van der Waals surface area contributed by atoms with Gasteiger partial charge in [-0.1, -0.05) is 23.4 Å². The van der Waals surface area contributed by atoms with Gasteiger partial charge in [0.1, 0.15) is 0 Å². The number of rotatable bonds is 4. The third-order valence-electron chi connectivity index (χ3n) is 2.85. The summed E-state index contributed by atoms with van der Waals surface area (Å²) in [5.74, 6) is -0.809. The molecule has 0 radical (unpaired) electrons. The molecule has 0 saturated heterocycles. The van der Waals surface area contributed by atoms with Crippen molar-refractivity contribution in [2.45, 2.75) is 23.5 Å². The summed E-state index contributed by atoms with van der Waals surface area (Å²) >= 11 is 6.76. The van der Waals surface area contributed by atoms with E-state index in [9.17, 15) is 18.0 Å². The highest BCUT2D eigenvalue weighted by atomic mass is 35.5. The van der Waals surface area contributed by atoms with Gasteiger partial charge in [-0.05, 0) is 25.1 Å². The number of nitrogens with one attached hydrogen (secondary N) is 1. The van der Waals surface area contributed by atoms with Gasteiger partial charge in [0.05, 0.1) is 21.5 Å². The number of thioether (sulfide) groups is 1. The number of nitrogens with zero attached hydrogens (tertiary/aromatic N) is 3. The van der Waals surface area contributed by atoms with Gasteiger partial charge < -0.3 is 16.8 Å². The molecule has 134 valence electrons. The van der Waals surface area contributed by atoms with Gasteiger partial charge >= 0.3 is 6.18 Å². The molecule has 7 nitrogen and oxygen atoms in total. The van der Waals surface area contributed by atoms with E-state index in [1.54, 1.807) is 0 Å². The van der Waals surface area contributed by atoms with Crippen molar-refractivity contribution in [2.75, 3.05) is 16.8 Å². The molecule has 5 N–H and O–H groups in total. The van der Waals surface area contributed by atoms with Gasteiger partial charge in [-0.3, -0.25) is 4.79 Å². The number of nitrogens with two attached hydrogens (primary N) is 2. The van der Waals surface area contributed by atoms with Crippen LogP contribution in [0.25, 0.3) is 0 Å². The van der Waals surface area contributed by atoms with Crippen LogP contribution in [-0.2, 0) is 11.0 Å². The number of aromatic nitrogens is 3. The van der Waals surface area contributed by atoms with Crippen molar-refractivity contribution in [3.8, 4) is 0 Å². The average molecular weight is 393 g/mol. The number of alkyl halides is 3. The third-order valence-corrected chi connectivity index (χ3v) is 4.14. The molecule has 0 aliphatic rings. The molecule has 0 saturated carbocycles. The molecular weight excluding hydrogens is 381 g/mol.